The van der Waals surface area contributed by atoms with Crippen molar-refractivity contribution in [1.29, 1.82) is 0 Å². The quantitative estimate of drug-likeness (QED) is 0.187. The third kappa shape index (κ3) is 6.65. The molecule has 13 heteroatoms. The fourth-order valence-corrected chi connectivity index (χ4v) is 2.37. The summed E-state index contributed by atoms with van der Waals surface area (Å²) in [6.07, 6.45) is 3.71. The second-order valence-corrected chi connectivity index (χ2v) is 6.70. The molecule has 0 radical (unpaired) electrons. The van der Waals surface area contributed by atoms with E-state index in [1.807, 2.05) is 55.3 Å². The Morgan fingerprint density at radius 3 is 2.17 bits per heavy atom. The van der Waals surface area contributed by atoms with Gasteiger partial charge in [0.25, 0.3) is 0 Å². The molecular formula is C17H17ClN4O8. The van der Waals surface area contributed by atoms with Gasteiger partial charge in [-0.25, -0.2) is 27.9 Å². The number of hydrogen-bond acceptors (Lipinski definition) is 9. The molecule has 0 bridgehead atoms. The maximum Gasteiger partial charge on any atom is 0.433 e. The van der Waals surface area contributed by atoms with E-state index in [0.29, 0.717) is 11.5 Å². The lowest BCUT2D eigenvalue weighted by Gasteiger charge is -2.17. The minimum absolute atomic E-state index is 0.315. The zero-order valence-corrected chi connectivity index (χ0v) is 16.8. The molecule has 2 aromatic heterocycles. The zero-order chi connectivity index (χ0) is 22.5. The van der Waals surface area contributed by atoms with E-state index in [9.17, 15) is 10.1 Å². The fraction of sp³-hybridized carbons (Fsp3) is 0.176. The molecule has 0 aliphatic heterocycles. The minimum atomic E-state index is -4.94. The van der Waals surface area contributed by atoms with Crippen LogP contribution in [0.3, 0.4) is 0 Å². The summed E-state index contributed by atoms with van der Waals surface area (Å²) in [5.74, 6) is 0.773. The van der Waals surface area contributed by atoms with Crippen molar-refractivity contribution in [1.82, 2.24) is 9.78 Å². The summed E-state index contributed by atoms with van der Waals surface area (Å²) in [6.45, 7) is 0. The number of ether oxygens (including phenoxy) is 1. The second-order valence-electron chi connectivity index (χ2n) is 5.94. The second kappa shape index (κ2) is 9.47. The van der Waals surface area contributed by atoms with Crippen LogP contribution in [0.5, 0.6) is 5.75 Å². The summed E-state index contributed by atoms with van der Waals surface area (Å²) in [5.41, 5.74) is 2.14. The van der Waals surface area contributed by atoms with Crippen molar-refractivity contribution >= 4 is 12.1 Å². The molecule has 0 aliphatic rings. The summed E-state index contributed by atoms with van der Waals surface area (Å²) in [5, 5.41) is 15.4. The van der Waals surface area contributed by atoms with Crippen molar-refractivity contribution in [3.8, 4) is 22.9 Å². The highest BCUT2D eigenvalue weighted by atomic mass is 35.7. The average molecular weight is 441 g/mol. The van der Waals surface area contributed by atoms with Crippen molar-refractivity contribution < 1.29 is 47.5 Å². The molecule has 0 saturated heterocycles. The maximum absolute atomic E-state index is 10.9. The van der Waals surface area contributed by atoms with E-state index in [0.717, 1.165) is 17.0 Å². The van der Waals surface area contributed by atoms with Crippen LogP contribution >= 0.6 is 0 Å². The average Bonchev–Trinajstić information content (AvgIpc) is 3.27. The number of rotatable bonds is 5. The van der Waals surface area contributed by atoms with Crippen LogP contribution in [0.4, 0.5) is 5.88 Å². The summed E-state index contributed by atoms with van der Waals surface area (Å²) >= 11 is 0. The monoisotopic (exact) mass is 440 g/mol. The van der Waals surface area contributed by atoms with E-state index in [1.165, 1.54) is 6.07 Å². The molecule has 0 saturated carbocycles. The van der Waals surface area contributed by atoms with Gasteiger partial charge in [0.15, 0.2) is 12.0 Å². The van der Waals surface area contributed by atoms with Crippen molar-refractivity contribution in [2.24, 2.45) is 0 Å². The third-order valence-electron chi connectivity index (χ3n) is 3.48. The van der Waals surface area contributed by atoms with E-state index in [2.05, 4.69) is 5.10 Å². The van der Waals surface area contributed by atoms with Gasteiger partial charge in [-0.15, -0.1) is 10.2 Å². The summed E-state index contributed by atoms with van der Waals surface area (Å²) < 4.78 is 48.0. The third-order valence-corrected chi connectivity index (χ3v) is 3.48. The smallest absolute Gasteiger partial charge is 0.433 e. The van der Waals surface area contributed by atoms with Gasteiger partial charge < -0.3 is 9.15 Å². The highest BCUT2D eigenvalue weighted by Crippen LogP contribution is 2.28. The van der Waals surface area contributed by atoms with Crippen LogP contribution in [0.2, 0.25) is 0 Å². The Kier molecular flexibility index (Phi) is 7.26. The Labute approximate surface area is 172 Å². The van der Waals surface area contributed by atoms with Crippen LogP contribution in [0.25, 0.3) is 17.1 Å². The molecule has 1 aromatic carbocycles. The molecule has 0 spiro atoms. The molecule has 2 heterocycles. The maximum atomic E-state index is 10.9. The van der Waals surface area contributed by atoms with Gasteiger partial charge in [-0.05, 0) is 30.3 Å². The molecule has 3 aromatic rings. The summed E-state index contributed by atoms with van der Waals surface area (Å²) in [7, 11) is 0.438. The predicted molar refractivity (Wildman–Crippen MR) is 91.7 cm³/mol. The van der Waals surface area contributed by atoms with E-state index in [4.69, 9.17) is 27.8 Å². The molecule has 30 heavy (non-hydrogen) atoms. The van der Waals surface area contributed by atoms with Crippen LogP contribution in [0.15, 0.2) is 47.0 Å². The van der Waals surface area contributed by atoms with Crippen LogP contribution in [-0.4, -0.2) is 46.7 Å². The van der Waals surface area contributed by atoms with Crippen molar-refractivity contribution in [2.45, 2.75) is 0 Å². The summed E-state index contributed by atoms with van der Waals surface area (Å²) in [4.78, 5) is 10.3. The Hall–Kier alpha value is -3.29. The first-order valence-corrected chi connectivity index (χ1v) is 9.33. The molecular weight excluding hydrogens is 424 g/mol. The number of aromatic nitrogens is 2. The van der Waals surface area contributed by atoms with E-state index >= 15 is 0 Å². The largest absolute Gasteiger partial charge is 0.497 e. The van der Waals surface area contributed by atoms with Gasteiger partial charge in [0.2, 0.25) is 0 Å². The number of nitro groups is 1. The Morgan fingerprint density at radius 1 is 1.10 bits per heavy atom. The van der Waals surface area contributed by atoms with Gasteiger partial charge >= 0.3 is 5.88 Å². The van der Waals surface area contributed by atoms with E-state index in [1.54, 1.807) is 17.9 Å². The molecule has 0 unspecified atom stereocenters. The molecule has 3 rings (SSSR count). The standard InChI is InChI=1S/C17H17N4O4.ClHO4/c1-19(2)10-12-11-20(13-4-6-14(24-3)7-5-13)18-17(12)15-8-9-16(25-15)21(22)23;2-1(3,4)5/h4-11H,1-3H3;(H,2,3,4,5)/q+1;/p-1. The lowest BCUT2D eigenvalue weighted by Crippen LogP contribution is -2.68. The first kappa shape index (κ1) is 23.0. The van der Waals surface area contributed by atoms with Crippen molar-refractivity contribution in [3.63, 3.8) is 0 Å². The summed E-state index contributed by atoms with van der Waals surface area (Å²) in [6, 6.07) is 10.3. The van der Waals surface area contributed by atoms with Crippen LogP contribution in [-0.2, 0) is 0 Å². The topological polar surface area (TPSA) is 179 Å². The lowest BCUT2D eigenvalue weighted by atomic mass is 10.2. The molecule has 0 fully saturated rings. The van der Waals surface area contributed by atoms with Gasteiger partial charge in [-0.2, -0.15) is 5.10 Å². The first-order chi connectivity index (χ1) is 14.0. The number of hydrogen-bond donors (Lipinski definition) is 0. The highest BCUT2D eigenvalue weighted by Gasteiger charge is 2.20. The predicted octanol–water partition coefficient (Wildman–Crippen LogP) is -2.02. The number of halogens is 1. The number of methoxy groups -OCH3 is 1. The number of nitrogens with zero attached hydrogens (tertiary/aromatic N) is 4. The normalized spacial score (nSPS) is 10.8. The molecule has 0 atom stereocenters. The molecule has 12 nitrogen and oxygen atoms in total. The Bertz CT molecular complexity index is 1030. The molecule has 160 valence electrons. The zero-order valence-electron chi connectivity index (χ0n) is 16.1. The first-order valence-electron chi connectivity index (χ1n) is 8.09. The molecule has 0 N–H and O–H groups in total. The molecule has 0 amide bonds. The van der Waals surface area contributed by atoms with Gasteiger partial charge in [-0.1, -0.05) is 0 Å². The van der Waals surface area contributed by atoms with Crippen molar-refractivity contribution in [2.75, 3.05) is 21.2 Å². The van der Waals surface area contributed by atoms with Gasteiger partial charge in [0.05, 0.1) is 24.4 Å². The van der Waals surface area contributed by atoms with Gasteiger partial charge in [0, 0.05) is 6.20 Å². The van der Waals surface area contributed by atoms with Crippen LogP contribution < -0.4 is 23.4 Å². The molecule has 0 aliphatic carbocycles. The lowest BCUT2D eigenvalue weighted by molar-refractivity contribution is -2.00. The van der Waals surface area contributed by atoms with E-state index < -0.39 is 15.2 Å². The minimum Gasteiger partial charge on any atom is -0.497 e. The highest BCUT2D eigenvalue weighted by molar-refractivity contribution is 5.85. The van der Waals surface area contributed by atoms with E-state index in [-0.39, 0.29) is 5.88 Å². The Morgan fingerprint density at radius 2 is 1.70 bits per heavy atom. The van der Waals surface area contributed by atoms with Gasteiger partial charge in [0.1, 0.15) is 30.5 Å². The van der Waals surface area contributed by atoms with Crippen molar-refractivity contribution in [3.05, 3.63) is 58.3 Å². The fourth-order valence-electron chi connectivity index (χ4n) is 2.37. The SMILES string of the molecule is COc1ccc(-n2cc(C=[N+](C)C)c(-c3ccc([N+](=O)[O-])o3)n2)cc1.[O-][Cl+3]([O-])([O-])[O-]. The van der Waals surface area contributed by atoms with Crippen LogP contribution in [0, 0.1) is 20.4 Å². The number of furan rings is 1. The number of benzene rings is 1. The van der Waals surface area contributed by atoms with Crippen LogP contribution in [0.1, 0.15) is 5.56 Å². The Balaban J connectivity index is 0.000000575. The van der Waals surface area contributed by atoms with Gasteiger partial charge in [-0.3, -0.25) is 10.1 Å².